The van der Waals surface area contributed by atoms with Gasteiger partial charge in [-0.1, -0.05) is 0 Å². The molecular formula is C10H10N4O3. The van der Waals surface area contributed by atoms with Gasteiger partial charge in [-0.15, -0.1) is 0 Å². The number of fused-ring (bicyclic) bond motifs is 2. The lowest BCUT2D eigenvalue weighted by Gasteiger charge is -2.32. The fourth-order valence-electron chi connectivity index (χ4n) is 1.98. The summed E-state index contributed by atoms with van der Waals surface area (Å²) in [7, 11) is 0. The van der Waals surface area contributed by atoms with Crippen molar-refractivity contribution < 1.29 is 14.6 Å². The number of aromatic nitrogens is 2. The molecule has 1 aromatic rings. The number of carbonyl (C=O) groups is 1. The zero-order chi connectivity index (χ0) is 12.0. The molecule has 2 aliphatic heterocycles. The summed E-state index contributed by atoms with van der Waals surface area (Å²) >= 11 is 0. The van der Waals surface area contributed by atoms with E-state index in [2.05, 4.69) is 4.98 Å². The summed E-state index contributed by atoms with van der Waals surface area (Å²) in [6, 6.07) is 0. The number of imidazole rings is 1. The van der Waals surface area contributed by atoms with Crippen molar-refractivity contribution in [3.63, 3.8) is 0 Å². The van der Waals surface area contributed by atoms with E-state index in [1.165, 1.54) is 6.08 Å². The molecule has 0 radical (unpaired) electrons. The van der Waals surface area contributed by atoms with Gasteiger partial charge in [-0.2, -0.15) is 0 Å². The van der Waals surface area contributed by atoms with E-state index in [4.69, 9.17) is 15.7 Å². The van der Waals surface area contributed by atoms with Crippen molar-refractivity contribution in [2.75, 3.05) is 0 Å². The first kappa shape index (κ1) is 9.91. The highest BCUT2D eigenvalue weighted by atomic mass is 16.5. The van der Waals surface area contributed by atoms with Gasteiger partial charge in [0.2, 0.25) is 0 Å². The van der Waals surface area contributed by atoms with Crippen LogP contribution < -0.4 is 5.84 Å². The molecule has 88 valence electrons. The van der Waals surface area contributed by atoms with E-state index >= 15 is 0 Å². The van der Waals surface area contributed by atoms with Crippen molar-refractivity contribution in [3.05, 3.63) is 35.8 Å². The number of hydrazine groups is 1. The van der Waals surface area contributed by atoms with Gasteiger partial charge < -0.3 is 9.84 Å². The second-order valence-electron chi connectivity index (χ2n) is 3.72. The molecule has 3 heterocycles. The molecule has 0 spiro atoms. The number of carboxylic acid groups (broad SMARTS) is 1. The molecule has 0 unspecified atom stereocenters. The lowest BCUT2D eigenvalue weighted by atomic mass is 10.2. The van der Waals surface area contributed by atoms with E-state index in [0.717, 1.165) is 5.01 Å². The smallest absolute Gasteiger partial charge is 0.353 e. The summed E-state index contributed by atoms with van der Waals surface area (Å²) in [4.78, 5) is 15.1. The number of nitrogens with two attached hydrogens (primary N) is 1. The molecule has 0 bridgehead atoms. The molecule has 0 aromatic carbocycles. The van der Waals surface area contributed by atoms with Crippen molar-refractivity contribution in [2.24, 2.45) is 5.84 Å². The molecule has 0 aliphatic carbocycles. The van der Waals surface area contributed by atoms with Gasteiger partial charge in [0.25, 0.3) is 0 Å². The Hall–Kier alpha value is -2.28. The van der Waals surface area contributed by atoms with Gasteiger partial charge in [0, 0.05) is 18.8 Å². The quantitative estimate of drug-likeness (QED) is 0.669. The Bertz CT molecular complexity index is 558. The molecule has 3 rings (SSSR count). The molecule has 0 atom stereocenters. The van der Waals surface area contributed by atoms with E-state index in [1.54, 1.807) is 17.0 Å². The number of nitrogens with zero attached hydrogens (tertiary/aromatic N) is 3. The van der Waals surface area contributed by atoms with Gasteiger partial charge >= 0.3 is 5.97 Å². The van der Waals surface area contributed by atoms with E-state index in [-0.39, 0.29) is 5.70 Å². The Labute approximate surface area is 96.4 Å². The fraction of sp³-hybridized carbons (Fsp3) is 0.200. The summed E-state index contributed by atoms with van der Waals surface area (Å²) < 4.78 is 7.25. The number of hydrogen-bond donors (Lipinski definition) is 2. The van der Waals surface area contributed by atoms with Crippen LogP contribution in [0.25, 0.3) is 5.82 Å². The van der Waals surface area contributed by atoms with Crippen LogP contribution in [-0.2, 0) is 16.1 Å². The van der Waals surface area contributed by atoms with Gasteiger partial charge in [0.1, 0.15) is 18.1 Å². The summed E-state index contributed by atoms with van der Waals surface area (Å²) in [6.07, 6.45) is 5.31. The van der Waals surface area contributed by atoms with Gasteiger partial charge in [-0.3, -0.25) is 9.58 Å². The zero-order valence-electron chi connectivity index (χ0n) is 8.83. The predicted octanol–water partition coefficient (Wildman–Crippen LogP) is 0.0873. The number of hydrogen-bond acceptors (Lipinski definition) is 5. The van der Waals surface area contributed by atoms with E-state index < -0.39 is 5.97 Å². The molecule has 7 nitrogen and oxygen atoms in total. The maximum atomic E-state index is 11.0. The second-order valence-corrected chi connectivity index (χ2v) is 3.72. The van der Waals surface area contributed by atoms with Crippen molar-refractivity contribution in [1.82, 2.24) is 14.6 Å². The van der Waals surface area contributed by atoms with Crippen molar-refractivity contribution in [2.45, 2.75) is 13.0 Å². The van der Waals surface area contributed by atoms with Gasteiger partial charge in [0.05, 0.1) is 0 Å². The minimum absolute atomic E-state index is 0.0360. The number of rotatable bonds is 1. The number of carboxylic acids is 1. The number of allylic oxidation sites excluding steroid dienone is 1. The molecule has 2 aliphatic rings. The summed E-state index contributed by atoms with van der Waals surface area (Å²) in [5.41, 5.74) is 0.0360. The predicted molar refractivity (Wildman–Crippen MR) is 56.6 cm³/mol. The second kappa shape index (κ2) is 3.36. The highest BCUT2D eigenvalue weighted by Gasteiger charge is 2.30. The highest BCUT2D eigenvalue weighted by Crippen LogP contribution is 2.31. The molecule has 0 saturated carbocycles. The van der Waals surface area contributed by atoms with Crippen molar-refractivity contribution in [1.29, 1.82) is 0 Å². The maximum absolute atomic E-state index is 11.0. The first-order valence-corrected chi connectivity index (χ1v) is 5.05. The Morgan fingerprint density at radius 1 is 1.59 bits per heavy atom. The van der Waals surface area contributed by atoms with Crippen LogP contribution in [0.3, 0.4) is 0 Å². The molecule has 1 aromatic heterocycles. The van der Waals surface area contributed by atoms with Crippen LogP contribution in [0.4, 0.5) is 0 Å². The molecule has 0 fully saturated rings. The molecule has 7 heteroatoms. The van der Waals surface area contributed by atoms with Gasteiger partial charge in [-0.25, -0.2) is 15.6 Å². The Morgan fingerprint density at radius 2 is 2.41 bits per heavy atom. The van der Waals surface area contributed by atoms with E-state index in [1.807, 2.05) is 0 Å². The largest absolute Gasteiger partial charge is 0.486 e. The van der Waals surface area contributed by atoms with E-state index in [0.29, 0.717) is 30.4 Å². The number of ether oxygens (including phenoxy) is 1. The van der Waals surface area contributed by atoms with Crippen LogP contribution in [0.5, 0.6) is 0 Å². The average Bonchev–Trinajstić information content (AvgIpc) is 2.76. The van der Waals surface area contributed by atoms with Crippen LogP contribution >= 0.6 is 0 Å². The number of aliphatic carboxylic acids is 1. The molecule has 17 heavy (non-hydrogen) atoms. The third-order valence-corrected chi connectivity index (χ3v) is 2.76. The normalized spacial score (nSPS) is 18.2. The average molecular weight is 234 g/mol. The first-order valence-electron chi connectivity index (χ1n) is 5.05. The third-order valence-electron chi connectivity index (χ3n) is 2.76. The van der Waals surface area contributed by atoms with Crippen LogP contribution in [0.1, 0.15) is 12.2 Å². The monoisotopic (exact) mass is 234 g/mol. The Morgan fingerprint density at radius 3 is 3.18 bits per heavy atom. The summed E-state index contributed by atoms with van der Waals surface area (Å²) in [5.74, 6) is 6.62. The fourth-order valence-corrected chi connectivity index (χ4v) is 1.98. The van der Waals surface area contributed by atoms with Crippen LogP contribution in [0.2, 0.25) is 0 Å². The van der Waals surface area contributed by atoms with Crippen molar-refractivity contribution in [3.8, 4) is 0 Å². The molecule has 0 saturated heterocycles. The Kier molecular flexibility index (Phi) is 1.96. The molecule has 0 amide bonds. The molecular weight excluding hydrogens is 224 g/mol. The van der Waals surface area contributed by atoms with Gasteiger partial charge in [-0.05, 0) is 6.08 Å². The lowest BCUT2D eigenvalue weighted by Crippen LogP contribution is -2.39. The maximum Gasteiger partial charge on any atom is 0.353 e. The Balaban J connectivity index is 2.08. The SMILES string of the molecule is NN1C(C(=O)O)=CCC2=C1n1ccnc1CO2. The summed E-state index contributed by atoms with van der Waals surface area (Å²) in [5, 5.41) is 10.1. The lowest BCUT2D eigenvalue weighted by molar-refractivity contribution is -0.134. The third kappa shape index (κ3) is 1.32. The summed E-state index contributed by atoms with van der Waals surface area (Å²) in [6.45, 7) is 0.371. The van der Waals surface area contributed by atoms with Crippen LogP contribution in [0, 0.1) is 0 Å². The standard InChI is InChI=1S/C10H10N4O3/c11-14-6(10(15)16)1-2-7-9(14)13-4-3-12-8(13)5-17-7/h1,3-4H,2,5,11H2,(H,15,16). The van der Waals surface area contributed by atoms with Crippen LogP contribution in [0.15, 0.2) is 29.9 Å². The van der Waals surface area contributed by atoms with E-state index in [9.17, 15) is 4.79 Å². The molecule has 3 N–H and O–H groups in total. The van der Waals surface area contributed by atoms with Crippen molar-refractivity contribution >= 4 is 11.8 Å². The van der Waals surface area contributed by atoms with Crippen LogP contribution in [-0.4, -0.2) is 25.6 Å². The van der Waals surface area contributed by atoms with Gasteiger partial charge in [0.15, 0.2) is 11.6 Å². The zero-order valence-corrected chi connectivity index (χ0v) is 8.83. The topological polar surface area (TPSA) is 93.6 Å². The minimum Gasteiger partial charge on any atom is -0.486 e. The minimum atomic E-state index is -1.06. The highest BCUT2D eigenvalue weighted by molar-refractivity contribution is 5.88. The first-order chi connectivity index (χ1) is 8.18.